The van der Waals surface area contributed by atoms with Crippen LogP contribution in [0.1, 0.15) is 35.7 Å². The van der Waals surface area contributed by atoms with Gasteiger partial charge in [0.15, 0.2) is 0 Å². The molecular weight excluding hydrogens is 509 g/mol. The van der Waals surface area contributed by atoms with E-state index in [-0.39, 0.29) is 17.3 Å². The zero-order valence-electron chi connectivity index (χ0n) is 22.5. The van der Waals surface area contributed by atoms with Gasteiger partial charge >= 0.3 is 0 Å². The van der Waals surface area contributed by atoms with Crippen molar-refractivity contribution >= 4 is 28.7 Å². The van der Waals surface area contributed by atoms with Crippen molar-refractivity contribution in [1.29, 1.82) is 0 Å². The number of morpholine rings is 1. The number of carbonyl (C=O) groups excluding carboxylic acids is 1. The van der Waals surface area contributed by atoms with Crippen molar-refractivity contribution in [2.75, 3.05) is 49.6 Å². The van der Waals surface area contributed by atoms with Gasteiger partial charge in [-0.3, -0.25) is 14.1 Å². The van der Waals surface area contributed by atoms with E-state index in [2.05, 4.69) is 43.4 Å². The maximum atomic E-state index is 13.7. The van der Waals surface area contributed by atoms with Crippen molar-refractivity contribution in [2.45, 2.75) is 31.8 Å². The Morgan fingerprint density at radius 1 is 1.02 bits per heavy atom. The fourth-order valence-electron chi connectivity index (χ4n) is 6.30. The van der Waals surface area contributed by atoms with E-state index < -0.39 is 0 Å². The summed E-state index contributed by atoms with van der Waals surface area (Å²) in [6.45, 7) is 8.47. The lowest BCUT2D eigenvalue weighted by Crippen LogP contribution is -2.56. The standard InChI is InChI=1S/C30H32FN7O2/c1-30(37-12-14-40-15-13-37)7-10-36(11-8-30)21-2-5-26(32-17-21)35-24-4-3-22(23-18-34-29(39)28(23)24)25-19-33-27-16-20(31)6-9-38(25)27/h2-6,9,16-17,19H,7-8,10-15,18H2,1H3,(H,32,35)(H,34,39). The highest BCUT2D eigenvalue weighted by atomic mass is 19.1. The largest absolute Gasteiger partial charge is 0.379 e. The summed E-state index contributed by atoms with van der Waals surface area (Å²) >= 11 is 0. The molecule has 3 aliphatic rings. The Balaban J connectivity index is 1.09. The van der Waals surface area contributed by atoms with E-state index in [4.69, 9.17) is 4.74 Å². The molecule has 2 saturated heterocycles. The van der Waals surface area contributed by atoms with Crippen LogP contribution in [-0.2, 0) is 11.3 Å². The van der Waals surface area contributed by atoms with E-state index in [1.54, 1.807) is 12.4 Å². The van der Waals surface area contributed by atoms with Crippen LogP contribution in [-0.4, -0.2) is 70.1 Å². The summed E-state index contributed by atoms with van der Waals surface area (Å²) in [5.41, 5.74) is 5.73. The molecule has 0 aliphatic carbocycles. The number of pyridine rings is 2. The molecule has 0 spiro atoms. The van der Waals surface area contributed by atoms with Crippen LogP contribution in [0.5, 0.6) is 0 Å². The number of ether oxygens (including phenoxy) is 1. The Labute approximate surface area is 232 Å². The van der Waals surface area contributed by atoms with Crippen molar-refractivity contribution in [1.82, 2.24) is 24.6 Å². The number of aromatic nitrogens is 3. The number of imidazole rings is 1. The minimum Gasteiger partial charge on any atom is -0.379 e. The van der Waals surface area contributed by atoms with Crippen LogP contribution in [0, 0.1) is 5.82 Å². The van der Waals surface area contributed by atoms with E-state index in [9.17, 15) is 9.18 Å². The molecule has 2 N–H and O–H groups in total. The molecule has 206 valence electrons. The third-order valence-corrected chi connectivity index (χ3v) is 8.71. The van der Waals surface area contributed by atoms with Gasteiger partial charge in [-0.1, -0.05) is 6.07 Å². The maximum absolute atomic E-state index is 13.7. The topological polar surface area (TPSA) is 87.0 Å². The second kappa shape index (κ2) is 9.87. The number of fused-ring (bicyclic) bond motifs is 2. The summed E-state index contributed by atoms with van der Waals surface area (Å²) in [6.07, 6.45) is 7.51. The zero-order chi connectivity index (χ0) is 27.3. The summed E-state index contributed by atoms with van der Waals surface area (Å²) in [5.74, 6) is 0.211. The van der Waals surface area contributed by atoms with Gasteiger partial charge in [0, 0.05) is 56.1 Å². The predicted molar refractivity (Wildman–Crippen MR) is 152 cm³/mol. The van der Waals surface area contributed by atoms with Crippen LogP contribution in [0.15, 0.2) is 55.0 Å². The minimum atomic E-state index is -0.337. The summed E-state index contributed by atoms with van der Waals surface area (Å²) in [5, 5.41) is 6.30. The number of halogens is 1. The monoisotopic (exact) mass is 541 g/mol. The second-order valence-electron chi connectivity index (χ2n) is 11.0. The molecule has 6 heterocycles. The highest BCUT2D eigenvalue weighted by Gasteiger charge is 2.36. The first-order valence-electron chi connectivity index (χ1n) is 13.9. The van der Waals surface area contributed by atoms with Gasteiger partial charge in [-0.25, -0.2) is 14.4 Å². The van der Waals surface area contributed by atoms with E-state index in [1.165, 1.54) is 12.1 Å². The first-order valence-corrected chi connectivity index (χ1v) is 13.9. The Morgan fingerprint density at radius 2 is 1.85 bits per heavy atom. The van der Waals surface area contributed by atoms with Gasteiger partial charge in [0.2, 0.25) is 0 Å². The number of hydrogen-bond acceptors (Lipinski definition) is 7. The lowest BCUT2D eigenvalue weighted by atomic mass is 9.87. The number of rotatable bonds is 5. The number of nitrogens with one attached hydrogen (secondary N) is 2. The van der Waals surface area contributed by atoms with Crippen molar-refractivity contribution in [2.24, 2.45) is 0 Å². The van der Waals surface area contributed by atoms with Crippen LogP contribution in [0.4, 0.5) is 21.6 Å². The van der Waals surface area contributed by atoms with Crippen molar-refractivity contribution in [3.63, 3.8) is 0 Å². The zero-order valence-corrected chi connectivity index (χ0v) is 22.5. The molecule has 2 fully saturated rings. The number of hydrogen-bond donors (Lipinski definition) is 2. The average Bonchev–Trinajstić information content (AvgIpc) is 3.58. The molecule has 9 nitrogen and oxygen atoms in total. The number of anilines is 3. The summed E-state index contributed by atoms with van der Waals surface area (Å²) in [7, 11) is 0. The molecule has 0 unspecified atom stereocenters. The van der Waals surface area contributed by atoms with Gasteiger partial charge in [0.1, 0.15) is 17.3 Å². The molecule has 0 atom stereocenters. The third-order valence-electron chi connectivity index (χ3n) is 8.71. The Kier molecular flexibility index (Phi) is 6.16. The molecule has 1 aromatic carbocycles. The molecule has 10 heteroatoms. The Bertz CT molecular complexity index is 1570. The summed E-state index contributed by atoms with van der Waals surface area (Å²) < 4.78 is 21.1. The van der Waals surface area contributed by atoms with Gasteiger partial charge in [-0.2, -0.15) is 0 Å². The fraction of sp³-hybridized carbons (Fsp3) is 0.367. The highest BCUT2D eigenvalue weighted by Crippen LogP contribution is 2.36. The lowest BCUT2D eigenvalue weighted by molar-refractivity contribution is -0.0248. The van der Waals surface area contributed by atoms with Crippen LogP contribution in [0.2, 0.25) is 0 Å². The number of amides is 1. The first-order chi connectivity index (χ1) is 19.5. The third kappa shape index (κ3) is 4.37. The molecule has 1 amide bonds. The summed E-state index contributed by atoms with van der Waals surface area (Å²) in [4.78, 5) is 26.9. The van der Waals surface area contributed by atoms with Crippen molar-refractivity contribution in [3.8, 4) is 11.3 Å². The van der Waals surface area contributed by atoms with Gasteiger partial charge in [-0.15, -0.1) is 0 Å². The molecular formula is C30H32FN7O2. The smallest absolute Gasteiger partial charge is 0.254 e. The van der Waals surface area contributed by atoms with E-state index in [0.29, 0.717) is 29.3 Å². The van der Waals surface area contributed by atoms with Gasteiger partial charge in [-0.05, 0) is 49.6 Å². The normalized spacial score (nSPS) is 19.1. The van der Waals surface area contributed by atoms with Gasteiger partial charge in [0.25, 0.3) is 5.91 Å². The summed E-state index contributed by atoms with van der Waals surface area (Å²) in [6, 6.07) is 10.7. The number of carbonyl (C=O) groups is 1. The Hall–Kier alpha value is -4.02. The predicted octanol–water partition coefficient (Wildman–Crippen LogP) is 4.21. The van der Waals surface area contributed by atoms with Crippen LogP contribution < -0.4 is 15.5 Å². The molecule has 0 saturated carbocycles. The quantitative estimate of drug-likeness (QED) is 0.391. The fourth-order valence-corrected chi connectivity index (χ4v) is 6.30. The van der Waals surface area contributed by atoms with Gasteiger partial charge in [0.05, 0.1) is 48.2 Å². The van der Waals surface area contributed by atoms with Crippen molar-refractivity contribution < 1.29 is 13.9 Å². The van der Waals surface area contributed by atoms with Gasteiger partial charge < -0.3 is 20.3 Å². The van der Waals surface area contributed by atoms with Crippen LogP contribution in [0.3, 0.4) is 0 Å². The van der Waals surface area contributed by atoms with E-state index in [1.807, 2.05) is 28.8 Å². The van der Waals surface area contributed by atoms with E-state index in [0.717, 1.165) is 74.7 Å². The Morgan fingerprint density at radius 3 is 2.62 bits per heavy atom. The number of benzene rings is 1. The highest BCUT2D eigenvalue weighted by molar-refractivity contribution is 6.06. The van der Waals surface area contributed by atoms with Crippen LogP contribution >= 0.6 is 0 Å². The molecule has 40 heavy (non-hydrogen) atoms. The SMILES string of the molecule is CC1(N2CCOCC2)CCN(c2ccc(Nc3ccc(-c4cnc5cc(F)ccn45)c4c3C(=O)NC4)nc2)CC1. The number of piperidine rings is 1. The second-order valence-corrected chi connectivity index (χ2v) is 11.0. The van der Waals surface area contributed by atoms with E-state index >= 15 is 0 Å². The lowest BCUT2D eigenvalue weighted by Gasteiger charge is -2.48. The van der Waals surface area contributed by atoms with Crippen molar-refractivity contribution in [3.05, 3.63) is 71.9 Å². The molecule has 0 radical (unpaired) electrons. The molecule has 7 rings (SSSR count). The maximum Gasteiger partial charge on any atom is 0.254 e. The van der Waals surface area contributed by atoms with Crippen LogP contribution in [0.25, 0.3) is 16.9 Å². The molecule has 3 aromatic heterocycles. The molecule has 0 bridgehead atoms. The number of nitrogens with zero attached hydrogens (tertiary/aromatic N) is 5. The average molecular weight is 542 g/mol. The molecule has 3 aliphatic heterocycles. The molecule has 4 aromatic rings. The first kappa shape index (κ1) is 25.0. The minimum absolute atomic E-state index is 0.132.